The Bertz CT molecular complexity index is 1290. The van der Waals surface area contributed by atoms with Crippen molar-refractivity contribution in [2.24, 2.45) is 0 Å². The molecule has 8 heteroatoms. The van der Waals surface area contributed by atoms with Gasteiger partial charge in [0, 0.05) is 25.0 Å². The summed E-state index contributed by atoms with van der Waals surface area (Å²) in [6.07, 6.45) is 3.27. The quantitative estimate of drug-likeness (QED) is 0.314. The molecule has 1 aliphatic rings. The van der Waals surface area contributed by atoms with Gasteiger partial charge in [0.2, 0.25) is 0 Å². The molecule has 1 fully saturated rings. The Morgan fingerprint density at radius 1 is 1.09 bits per heavy atom. The van der Waals surface area contributed by atoms with Gasteiger partial charge in [-0.3, -0.25) is 14.6 Å². The highest BCUT2D eigenvalue weighted by molar-refractivity contribution is 6.46. The minimum atomic E-state index is -0.814. The third-order valence-electron chi connectivity index (χ3n) is 5.70. The predicted octanol–water partition coefficient (Wildman–Crippen LogP) is 4.68. The van der Waals surface area contributed by atoms with Crippen molar-refractivity contribution in [3.63, 3.8) is 0 Å². The summed E-state index contributed by atoms with van der Waals surface area (Å²) in [5.74, 6) is -1.28. The van der Waals surface area contributed by atoms with E-state index in [9.17, 15) is 14.7 Å². The van der Waals surface area contributed by atoms with E-state index in [1.807, 2.05) is 37.3 Å². The van der Waals surface area contributed by atoms with E-state index in [4.69, 9.17) is 21.1 Å². The molecule has 2 heterocycles. The molecule has 4 rings (SSSR count). The van der Waals surface area contributed by atoms with Gasteiger partial charge in [0.1, 0.15) is 17.3 Å². The Morgan fingerprint density at radius 3 is 2.50 bits per heavy atom. The monoisotopic (exact) mass is 478 g/mol. The molecule has 0 saturated carbocycles. The number of carbonyl (C=O) groups excluding carboxylic acids is 2. The number of nitrogens with zero attached hydrogens (tertiary/aromatic N) is 2. The van der Waals surface area contributed by atoms with Crippen LogP contribution in [0, 0.1) is 6.92 Å². The zero-order chi connectivity index (χ0) is 24.4. The van der Waals surface area contributed by atoms with Crippen LogP contribution in [-0.2, 0) is 16.1 Å². The number of aryl methyl sites for hydroxylation is 1. The van der Waals surface area contributed by atoms with E-state index in [0.717, 1.165) is 11.1 Å². The largest absolute Gasteiger partial charge is 0.507 e. The predicted molar refractivity (Wildman–Crippen MR) is 128 cm³/mol. The van der Waals surface area contributed by atoms with Gasteiger partial charge in [0.15, 0.2) is 0 Å². The number of benzene rings is 2. The fourth-order valence-corrected chi connectivity index (χ4v) is 4.35. The summed E-state index contributed by atoms with van der Waals surface area (Å²) in [6, 6.07) is 13.2. The maximum absolute atomic E-state index is 13.3. The van der Waals surface area contributed by atoms with Crippen LogP contribution < -0.4 is 9.47 Å². The molecule has 1 saturated heterocycles. The molecule has 0 spiro atoms. The maximum atomic E-state index is 13.3. The van der Waals surface area contributed by atoms with Crippen LogP contribution in [0.3, 0.4) is 0 Å². The van der Waals surface area contributed by atoms with Crippen molar-refractivity contribution in [1.82, 2.24) is 9.88 Å². The van der Waals surface area contributed by atoms with Crippen molar-refractivity contribution in [3.05, 3.63) is 93.8 Å². The van der Waals surface area contributed by atoms with Gasteiger partial charge >= 0.3 is 0 Å². The molecule has 174 valence electrons. The first-order valence-electron chi connectivity index (χ1n) is 10.5. The Balaban J connectivity index is 1.92. The van der Waals surface area contributed by atoms with Gasteiger partial charge < -0.3 is 19.5 Å². The van der Waals surface area contributed by atoms with Crippen molar-refractivity contribution in [3.8, 4) is 11.5 Å². The zero-order valence-corrected chi connectivity index (χ0v) is 19.7. The van der Waals surface area contributed by atoms with Gasteiger partial charge in [-0.2, -0.15) is 0 Å². The first-order chi connectivity index (χ1) is 16.3. The van der Waals surface area contributed by atoms with Gasteiger partial charge in [-0.15, -0.1) is 0 Å². The third-order valence-corrected chi connectivity index (χ3v) is 6.00. The number of aromatic nitrogens is 1. The Labute approximate surface area is 202 Å². The first kappa shape index (κ1) is 23.3. The molecule has 34 heavy (non-hydrogen) atoms. The average molecular weight is 479 g/mol. The van der Waals surface area contributed by atoms with Crippen LogP contribution >= 0.6 is 11.6 Å². The second-order valence-electron chi connectivity index (χ2n) is 7.89. The summed E-state index contributed by atoms with van der Waals surface area (Å²) in [6.45, 7) is 2.07. The number of ether oxygens (including phenoxy) is 2. The number of aliphatic hydroxyl groups excluding tert-OH is 1. The number of carbonyl (C=O) groups is 2. The van der Waals surface area contributed by atoms with Gasteiger partial charge in [-0.1, -0.05) is 47.5 Å². The second kappa shape index (κ2) is 9.57. The lowest BCUT2D eigenvalue weighted by molar-refractivity contribution is -0.140. The summed E-state index contributed by atoms with van der Waals surface area (Å²) < 4.78 is 10.6. The number of rotatable bonds is 6. The standard InChI is InChI=1S/C26H23ClN2O5/c1-15-6-4-8-17(10-15)23-22(24(30)18-11-19(27)21(34-3)12-20(18)33-2)25(31)26(32)29(23)14-16-7-5-9-28-13-16/h4-13,23,30H,14H2,1-3H3/b24-22+. The summed E-state index contributed by atoms with van der Waals surface area (Å²) in [4.78, 5) is 32.0. The molecular weight excluding hydrogens is 456 g/mol. The summed E-state index contributed by atoms with van der Waals surface area (Å²) >= 11 is 6.30. The summed E-state index contributed by atoms with van der Waals surface area (Å²) in [5.41, 5.74) is 2.55. The molecule has 3 aromatic rings. The van der Waals surface area contributed by atoms with Crippen LogP contribution in [0.15, 0.2) is 66.5 Å². The second-order valence-corrected chi connectivity index (χ2v) is 8.30. The van der Waals surface area contributed by atoms with E-state index in [2.05, 4.69) is 4.98 Å². The van der Waals surface area contributed by atoms with E-state index >= 15 is 0 Å². The number of halogens is 1. The number of likely N-dealkylation sites (tertiary alicyclic amines) is 1. The Hall–Kier alpha value is -3.84. The highest BCUT2D eigenvalue weighted by atomic mass is 35.5. The Morgan fingerprint density at radius 2 is 1.85 bits per heavy atom. The van der Waals surface area contributed by atoms with Gasteiger partial charge in [-0.05, 0) is 30.2 Å². The average Bonchev–Trinajstić information content (AvgIpc) is 3.09. The fourth-order valence-electron chi connectivity index (χ4n) is 4.11. The first-order valence-corrected chi connectivity index (χ1v) is 10.9. The minimum absolute atomic E-state index is 0.0426. The summed E-state index contributed by atoms with van der Waals surface area (Å²) in [7, 11) is 2.89. The van der Waals surface area contributed by atoms with Crippen molar-refractivity contribution >= 4 is 29.1 Å². The fraction of sp³-hybridized carbons (Fsp3) is 0.192. The molecule has 0 aliphatic carbocycles. The normalized spacial score (nSPS) is 17.2. The van der Waals surface area contributed by atoms with Gasteiger partial charge in [0.25, 0.3) is 11.7 Å². The number of amides is 1. The summed E-state index contributed by atoms with van der Waals surface area (Å²) in [5, 5.41) is 11.6. The molecule has 1 aliphatic heterocycles. The van der Waals surface area contributed by atoms with Crippen LogP contribution in [0.1, 0.15) is 28.3 Å². The van der Waals surface area contributed by atoms with Crippen molar-refractivity contribution in [1.29, 1.82) is 0 Å². The number of hydrogen-bond donors (Lipinski definition) is 1. The van der Waals surface area contributed by atoms with Gasteiger partial charge in [0.05, 0.1) is 36.4 Å². The SMILES string of the molecule is COc1cc(OC)c(/C(O)=C2\C(=O)C(=O)N(Cc3cccnc3)C2c2cccc(C)c2)cc1Cl. The minimum Gasteiger partial charge on any atom is -0.507 e. The lowest BCUT2D eigenvalue weighted by atomic mass is 9.94. The molecule has 2 aromatic carbocycles. The molecule has 1 N–H and O–H groups in total. The highest BCUT2D eigenvalue weighted by Gasteiger charge is 2.46. The van der Waals surface area contributed by atoms with Crippen LogP contribution in [-0.4, -0.2) is 40.9 Å². The number of methoxy groups -OCH3 is 2. The highest BCUT2D eigenvalue weighted by Crippen LogP contribution is 2.43. The lowest BCUT2D eigenvalue weighted by Gasteiger charge is -2.25. The molecular formula is C26H23ClN2O5. The topological polar surface area (TPSA) is 89.0 Å². The number of aliphatic hydroxyl groups is 1. The van der Waals surface area contributed by atoms with Crippen molar-refractivity contribution in [2.45, 2.75) is 19.5 Å². The van der Waals surface area contributed by atoms with Gasteiger partial charge in [-0.25, -0.2) is 0 Å². The number of ketones is 1. The maximum Gasteiger partial charge on any atom is 0.295 e. The van der Waals surface area contributed by atoms with E-state index < -0.39 is 17.7 Å². The zero-order valence-electron chi connectivity index (χ0n) is 18.9. The van der Waals surface area contributed by atoms with E-state index in [-0.39, 0.29) is 34.2 Å². The van der Waals surface area contributed by atoms with Crippen LogP contribution in [0.25, 0.3) is 5.76 Å². The van der Waals surface area contributed by atoms with E-state index in [1.165, 1.54) is 31.3 Å². The van der Waals surface area contributed by atoms with E-state index in [1.54, 1.807) is 18.5 Å². The molecule has 0 bridgehead atoms. The van der Waals surface area contributed by atoms with Crippen molar-refractivity contribution in [2.75, 3.05) is 14.2 Å². The van der Waals surface area contributed by atoms with E-state index in [0.29, 0.717) is 11.3 Å². The van der Waals surface area contributed by atoms with Crippen molar-refractivity contribution < 1.29 is 24.2 Å². The lowest BCUT2D eigenvalue weighted by Crippen LogP contribution is -2.29. The van der Waals surface area contributed by atoms with Crippen LogP contribution in [0.4, 0.5) is 0 Å². The third kappa shape index (κ3) is 4.22. The number of Topliss-reactive ketones (excluding diaryl/α,β-unsaturated/α-hetero) is 1. The van der Waals surface area contributed by atoms with Crippen LogP contribution in [0.5, 0.6) is 11.5 Å². The molecule has 1 atom stereocenters. The molecule has 1 aromatic heterocycles. The molecule has 7 nitrogen and oxygen atoms in total. The molecule has 0 radical (unpaired) electrons. The number of hydrogen-bond acceptors (Lipinski definition) is 6. The van der Waals surface area contributed by atoms with Crippen LogP contribution in [0.2, 0.25) is 5.02 Å². The Kier molecular flexibility index (Phi) is 6.56. The molecule has 1 unspecified atom stereocenters. The molecule has 1 amide bonds. The smallest absolute Gasteiger partial charge is 0.295 e. The number of pyridine rings is 1.